The van der Waals surface area contributed by atoms with E-state index in [0.29, 0.717) is 4.88 Å². The van der Waals surface area contributed by atoms with Crippen molar-refractivity contribution in [2.45, 2.75) is 25.9 Å². The van der Waals surface area contributed by atoms with Crippen LogP contribution in [-0.4, -0.2) is 22.6 Å². The number of fused-ring (bicyclic) bond motifs is 1. The molecule has 0 atom stereocenters. The number of rotatable bonds is 4. The van der Waals surface area contributed by atoms with Crippen molar-refractivity contribution in [2.24, 2.45) is 0 Å². The summed E-state index contributed by atoms with van der Waals surface area (Å²) in [6.07, 6.45) is 2.27. The first-order valence-electron chi connectivity index (χ1n) is 9.15. The molecule has 0 saturated heterocycles. The molecule has 3 aromatic rings. The predicted molar refractivity (Wildman–Crippen MR) is 108 cm³/mol. The van der Waals surface area contributed by atoms with E-state index in [4.69, 9.17) is 5.21 Å². The summed E-state index contributed by atoms with van der Waals surface area (Å²) in [7, 11) is 0. The zero-order chi connectivity index (χ0) is 18.6. The highest BCUT2D eigenvalue weighted by Gasteiger charge is 2.16. The van der Waals surface area contributed by atoms with Crippen molar-refractivity contribution in [3.05, 3.63) is 82.2 Å². The van der Waals surface area contributed by atoms with Crippen molar-refractivity contribution in [2.75, 3.05) is 6.54 Å². The number of nitrogens with zero attached hydrogens (tertiary/aromatic N) is 1. The second-order valence-corrected chi connectivity index (χ2v) is 7.97. The second kappa shape index (κ2) is 8.05. The Hall–Kier alpha value is -2.47. The van der Waals surface area contributed by atoms with Crippen LogP contribution in [0.1, 0.15) is 32.8 Å². The normalized spacial score (nSPS) is 14.4. The fourth-order valence-electron chi connectivity index (χ4n) is 3.63. The number of aryl methyl sites for hydroxylation is 1. The first-order valence-corrected chi connectivity index (χ1v) is 9.97. The van der Waals surface area contributed by atoms with Gasteiger partial charge in [-0.2, -0.15) is 0 Å². The van der Waals surface area contributed by atoms with Gasteiger partial charge in [-0.1, -0.05) is 42.5 Å². The number of hydroxylamine groups is 1. The summed E-state index contributed by atoms with van der Waals surface area (Å²) in [5.41, 5.74) is 6.94. The summed E-state index contributed by atoms with van der Waals surface area (Å²) in [6.45, 7) is 3.00. The molecular formula is C22H22N2O2S. The molecule has 4 nitrogen and oxygen atoms in total. The first-order chi connectivity index (χ1) is 13.2. The third-order valence-electron chi connectivity index (χ3n) is 4.99. The molecule has 0 fully saturated rings. The fourth-order valence-corrected chi connectivity index (χ4v) is 4.52. The highest BCUT2D eigenvalue weighted by Crippen LogP contribution is 2.31. The van der Waals surface area contributed by atoms with E-state index in [1.165, 1.54) is 34.4 Å². The molecule has 0 aliphatic carbocycles. The lowest BCUT2D eigenvalue weighted by Gasteiger charge is -2.20. The van der Waals surface area contributed by atoms with Crippen LogP contribution in [0.15, 0.2) is 60.7 Å². The van der Waals surface area contributed by atoms with Gasteiger partial charge < -0.3 is 0 Å². The maximum absolute atomic E-state index is 11.6. The molecule has 0 spiro atoms. The molecular weight excluding hydrogens is 356 g/mol. The molecule has 1 aliphatic heterocycles. The van der Waals surface area contributed by atoms with Crippen molar-refractivity contribution in [1.82, 2.24) is 10.4 Å². The molecule has 0 radical (unpaired) electrons. The largest absolute Gasteiger partial charge is 0.295 e. The van der Waals surface area contributed by atoms with Gasteiger partial charge in [0.1, 0.15) is 0 Å². The van der Waals surface area contributed by atoms with E-state index in [-0.39, 0.29) is 0 Å². The van der Waals surface area contributed by atoms with Gasteiger partial charge in [0.15, 0.2) is 0 Å². The molecule has 2 N–H and O–H groups in total. The van der Waals surface area contributed by atoms with Crippen LogP contribution in [0.25, 0.3) is 10.4 Å². The molecule has 138 valence electrons. The van der Waals surface area contributed by atoms with Crippen molar-refractivity contribution < 1.29 is 10.0 Å². The topological polar surface area (TPSA) is 52.6 Å². The van der Waals surface area contributed by atoms with E-state index in [0.717, 1.165) is 36.5 Å². The number of nitrogens with one attached hydrogen (secondary N) is 1. The highest BCUT2D eigenvalue weighted by atomic mass is 32.1. The molecule has 4 rings (SSSR count). The van der Waals surface area contributed by atoms with Crippen LogP contribution in [0.5, 0.6) is 0 Å². The molecule has 5 heteroatoms. The zero-order valence-corrected chi connectivity index (χ0v) is 15.8. The van der Waals surface area contributed by atoms with Gasteiger partial charge in [0.25, 0.3) is 5.91 Å². The number of carbonyl (C=O) groups excluding carboxylic acids is 1. The third kappa shape index (κ3) is 4.11. The molecule has 1 aromatic heterocycles. The standard InChI is InChI=1S/C22H22N2O2S/c25-22(23-26)21-11-10-20(27-21)18-9-8-17-7-4-12-24(15-19(17)13-18)14-16-5-2-1-3-6-16/h1-3,5-6,8-11,13,26H,4,7,12,14-15H2,(H,23,25). The number of amides is 1. The number of hydrogen-bond donors (Lipinski definition) is 2. The number of benzene rings is 2. The predicted octanol–water partition coefficient (Wildman–Crippen LogP) is 4.48. The lowest BCUT2D eigenvalue weighted by Crippen LogP contribution is -2.22. The van der Waals surface area contributed by atoms with Crippen LogP contribution in [0.2, 0.25) is 0 Å². The Balaban J connectivity index is 1.57. The lowest BCUT2D eigenvalue weighted by molar-refractivity contribution is 0.0711. The minimum atomic E-state index is -0.463. The Morgan fingerprint density at radius 3 is 2.74 bits per heavy atom. The minimum absolute atomic E-state index is 0.463. The Kier molecular flexibility index (Phi) is 5.34. The summed E-state index contributed by atoms with van der Waals surface area (Å²) in [5, 5.41) is 8.81. The molecule has 27 heavy (non-hydrogen) atoms. The fraction of sp³-hybridized carbons (Fsp3) is 0.227. The first kappa shape index (κ1) is 17.9. The Morgan fingerprint density at radius 1 is 1.07 bits per heavy atom. The quantitative estimate of drug-likeness (QED) is 0.520. The summed E-state index contributed by atoms with van der Waals surface area (Å²) in [5.74, 6) is -0.463. The summed E-state index contributed by atoms with van der Waals surface area (Å²) in [4.78, 5) is 15.6. The van der Waals surface area contributed by atoms with Crippen LogP contribution in [0, 0.1) is 0 Å². The molecule has 1 amide bonds. The van der Waals surface area contributed by atoms with Gasteiger partial charge in [-0.25, -0.2) is 5.48 Å². The summed E-state index contributed by atoms with van der Waals surface area (Å²) in [6, 6.07) is 20.9. The molecule has 0 saturated carbocycles. The molecule has 1 aliphatic rings. The van der Waals surface area contributed by atoms with Crippen molar-refractivity contribution >= 4 is 17.2 Å². The van der Waals surface area contributed by atoms with Gasteiger partial charge in [0, 0.05) is 18.0 Å². The van der Waals surface area contributed by atoms with Crippen molar-refractivity contribution in [3.8, 4) is 10.4 Å². The van der Waals surface area contributed by atoms with E-state index in [9.17, 15) is 4.79 Å². The maximum Gasteiger partial charge on any atom is 0.284 e. The van der Waals surface area contributed by atoms with Crippen LogP contribution < -0.4 is 5.48 Å². The SMILES string of the molecule is O=C(NO)c1ccc(-c2ccc3c(c2)CN(Cc2ccccc2)CCC3)s1. The Morgan fingerprint density at radius 2 is 1.93 bits per heavy atom. The van der Waals surface area contributed by atoms with Crippen molar-refractivity contribution in [1.29, 1.82) is 0 Å². The third-order valence-corrected chi connectivity index (χ3v) is 6.12. The highest BCUT2D eigenvalue weighted by molar-refractivity contribution is 7.17. The van der Waals surface area contributed by atoms with Gasteiger partial charge in [-0.3, -0.25) is 14.9 Å². The average Bonchev–Trinajstić information content (AvgIpc) is 3.11. The number of thiophene rings is 1. The smallest absolute Gasteiger partial charge is 0.284 e. The van der Waals surface area contributed by atoms with E-state index < -0.39 is 5.91 Å². The summed E-state index contributed by atoms with van der Waals surface area (Å²) < 4.78 is 0. The monoisotopic (exact) mass is 378 g/mol. The molecule has 0 unspecified atom stereocenters. The van der Waals surface area contributed by atoms with E-state index >= 15 is 0 Å². The maximum atomic E-state index is 11.6. The summed E-state index contributed by atoms with van der Waals surface area (Å²) >= 11 is 1.39. The van der Waals surface area contributed by atoms with E-state index in [2.05, 4.69) is 53.4 Å². The van der Waals surface area contributed by atoms with Gasteiger partial charge in [-0.05, 0) is 59.8 Å². The number of carbonyl (C=O) groups is 1. The van der Waals surface area contributed by atoms with Crippen molar-refractivity contribution in [3.63, 3.8) is 0 Å². The van der Waals surface area contributed by atoms with Crippen LogP contribution in [0.3, 0.4) is 0 Å². The van der Waals surface area contributed by atoms with Crippen LogP contribution in [-0.2, 0) is 19.5 Å². The molecule has 0 bridgehead atoms. The Labute approximate surface area is 163 Å². The Bertz CT molecular complexity index is 936. The molecule has 2 aromatic carbocycles. The van der Waals surface area contributed by atoms with E-state index in [1.54, 1.807) is 11.5 Å². The molecule has 2 heterocycles. The average molecular weight is 378 g/mol. The van der Waals surface area contributed by atoms with Gasteiger partial charge in [-0.15, -0.1) is 11.3 Å². The zero-order valence-electron chi connectivity index (χ0n) is 15.0. The lowest BCUT2D eigenvalue weighted by atomic mass is 10.0. The van der Waals surface area contributed by atoms with E-state index in [1.807, 2.05) is 6.07 Å². The van der Waals surface area contributed by atoms with Crippen LogP contribution >= 0.6 is 11.3 Å². The van der Waals surface area contributed by atoms with Gasteiger partial charge in [0.05, 0.1) is 4.88 Å². The van der Waals surface area contributed by atoms with Gasteiger partial charge >= 0.3 is 0 Å². The van der Waals surface area contributed by atoms with Gasteiger partial charge in [0.2, 0.25) is 0 Å². The van der Waals surface area contributed by atoms with Crippen LogP contribution in [0.4, 0.5) is 0 Å². The minimum Gasteiger partial charge on any atom is -0.295 e. The number of hydrogen-bond acceptors (Lipinski definition) is 4. The second-order valence-electron chi connectivity index (χ2n) is 6.89.